The fourth-order valence-electron chi connectivity index (χ4n) is 1.48. The van der Waals surface area contributed by atoms with Crippen molar-refractivity contribution < 1.29 is 4.79 Å². The van der Waals surface area contributed by atoms with E-state index in [9.17, 15) is 4.79 Å². The summed E-state index contributed by atoms with van der Waals surface area (Å²) in [4.78, 5) is 16.6. The van der Waals surface area contributed by atoms with Crippen molar-refractivity contribution in [1.29, 1.82) is 0 Å². The minimum absolute atomic E-state index is 0.0860. The number of rotatable bonds is 4. The van der Waals surface area contributed by atoms with Gasteiger partial charge in [-0.15, -0.1) is 11.3 Å². The normalized spacial score (nSPS) is 9.74. The van der Waals surface area contributed by atoms with Gasteiger partial charge in [0.25, 0.3) is 5.91 Å². The first kappa shape index (κ1) is 13.3. The molecule has 0 aliphatic heterocycles. The summed E-state index contributed by atoms with van der Waals surface area (Å²) in [5, 5.41) is 4.65. The molecule has 3 N–H and O–H groups in total. The molecule has 0 atom stereocenters. The molecule has 0 saturated carbocycles. The lowest BCUT2D eigenvalue weighted by atomic mass is 10.3. The Morgan fingerprint density at radius 1 is 1.58 bits per heavy atom. The second-order valence-electron chi connectivity index (χ2n) is 3.76. The zero-order chi connectivity index (χ0) is 13.5. The van der Waals surface area contributed by atoms with Crippen LogP contribution in [0.3, 0.4) is 0 Å². The van der Waals surface area contributed by atoms with Gasteiger partial charge in [0.2, 0.25) is 0 Å². The van der Waals surface area contributed by atoms with Crippen LogP contribution in [-0.2, 0) is 6.54 Å². The van der Waals surface area contributed by atoms with E-state index in [0.29, 0.717) is 25.2 Å². The molecule has 5 nitrogen and oxygen atoms in total. The number of nitrogens with one attached hydrogen (secondary N) is 1. The maximum atomic E-state index is 11.9. The Kier molecular flexibility index (Phi) is 4.72. The van der Waals surface area contributed by atoms with E-state index >= 15 is 0 Å². The van der Waals surface area contributed by atoms with Crippen LogP contribution < -0.4 is 11.1 Å². The van der Waals surface area contributed by atoms with E-state index in [1.165, 1.54) is 11.3 Å². The molecule has 6 heteroatoms. The van der Waals surface area contributed by atoms with Crippen LogP contribution in [0, 0.1) is 11.8 Å². The summed E-state index contributed by atoms with van der Waals surface area (Å²) in [6.07, 6.45) is 5.29. The molecule has 0 aliphatic carbocycles. The predicted octanol–water partition coefficient (Wildman–Crippen LogP) is 0.685. The molecule has 0 radical (unpaired) electrons. The summed E-state index contributed by atoms with van der Waals surface area (Å²) >= 11 is 1.44. The largest absolute Gasteiger partial charge is 0.350 e. The van der Waals surface area contributed by atoms with Gasteiger partial charge in [-0.1, -0.05) is 11.8 Å². The maximum absolute atomic E-state index is 11.9. The number of thiophene rings is 1. The van der Waals surface area contributed by atoms with E-state index < -0.39 is 0 Å². The fraction of sp³-hybridized carbons (Fsp3) is 0.231. The van der Waals surface area contributed by atoms with Crippen LogP contribution in [0.5, 0.6) is 0 Å². The average molecular weight is 274 g/mol. The highest BCUT2D eigenvalue weighted by Crippen LogP contribution is 2.13. The van der Waals surface area contributed by atoms with Crippen LogP contribution in [0.4, 0.5) is 0 Å². The number of hydrogen-bond acceptors (Lipinski definition) is 4. The summed E-state index contributed by atoms with van der Waals surface area (Å²) in [6.45, 7) is 1.59. The smallest absolute Gasteiger partial charge is 0.252 e. The Morgan fingerprint density at radius 3 is 3.21 bits per heavy atom. The van der Waals surface area contributed by atoms with Crippen molar-refractivity contribution in [3.05, 3.63) is 40.6 Å². The van der Waals surface area contributed by atoms with Crippen LogP contribution in [-0.4, -0.2) is 28.5 Å². The molecule has 2 aromatic heterocycles. The number of amides is 1. The highest BCUT2D eigenvalue weighted by Gasteiger charge is 2.07. The Bertz CT molecular complexity index is 592. The van der Waals surface area contributed by atoms with Crippen LogP contribution >= 0.6 is 11.3 Å². The number of carbonyl (C=O) groups is 1. The van der Waals surface area contributed by atoms with Crippen molar-refractivity contribution >= 4 is 17.2 Å². The molecule has 0 saturated heterocycles. The summed E-state index contributed by atoms with van der Waals surface area (Å²) < 4.78 is 1.91. The lowest BCUT2D eigenvalue weighted by molar-refractivity contribution is 0.0952. The van der Waals surface area contributed by atoms with Crippen LogP contribution in [0.2, 0.25) is 0 Å². The monoisotopic (exact) mass is 274 g/mol. The van der Waals surface area contributed by atoms with Crippen molar-refractivity contribution in [1.82, 2.24) is 14.9 Å². The minimum atomic E-state index is -0.0860. The minimum Gasteiger partial charge on any atom is -0.350 e. The van der Waals surface area contributed by atoms with Gasteiger partial charge in [0, 0.05) is 30.9 Å². The van der Waals surface area contributed by atoms with E-state index in [-0.39, 0.29) is 5.91 Å². The molecule has 0 unspecified atom stereocenters. The second kappa shape index (κ2) is 6.73. The molecule has 0 aromatic carbocycles. The van der Waals surface area contributed by atoms with Gasteiger partial charge in [0.15, 0.2) is 0 Å². The van der Waals surface area contributed by atoms with E-state index in [4.69, 9.17) is 5.73 Å². The topological polar surface area (TPSA) is 72.9 Å². The molecule has 2 rings (SSSR count). The van der Waals surface area contributed by atoms with E-state index in [1.807, 2.05) is 10.8 Å². The fourth-order valence-corrected chi connectivity index (χ4v) is 2.23. The standard InChI is InChI=1S/C13H14N4OS/c14-3-1-2-12-8-11(9-19-12)13(18)16-5-7-17-6-4-15-10-17/h4,6,8-10H,3,5,7,14H2,(H,16,18). The number of nitrogens with zero attached hydrogens (tertiary/aromatic N) is 2. The molecule has 2 aromatic rings. The molecule has 0 aliphatic rings. The zero-order valence-corrected chi connectivity index (χ0v) is 11.1. The van der Waals surface area contributed by atoms with Crippen LogP contribution in [0.1, 0.15) is 15.2 Å². The first-order valence-corrected chi connectivity index (χ1v) is 6.69. The first-order chi connectivity index (χ1) is 9.29. The molecule has 2 heterocycles. The molecule has 98 valence electrons. The highest BCUT2D eigenvalue weighted by atomic mass is 32.1. The van der Waals surface area contributed by atoms with Crippen LogP contribution in [0.25, 0.3) is 0 Å². The number of aromatic nitrogens is 2. The van der Waals surface area contributed by atoms with E-state index in [0.717, 1.165) is 4.88 Å². The average Bonchev–Trinajstić information content (AvgIpc) is 3.07. The summed E-state index contributed by atoms with van der Waals surface area (Å²) in [7, 11) is 0. The highest BCUT2D eigenvalue weighted by molar-refractivity contribution is 7.10. The third-order valence-corrected chi connectivity index (χ3v) is 3.24. The third kappa shape index (κ3) is 3.95. The maximum Gasteiger partial charge on any atom is 0.252 e. The van der Waals surface area contributed by atoms with Gasteiger partial charge in [-0.25, -0.2) is 4.98 Å². The number of nitrogens with two attached hydrogens (primary N) is 1. The Labute approximate surface area is 115 Å². The van der Waals surface area contributed by atoms with Gasteiger partial charge in [0.1, 0.15) is 0 Å². The van der Waals surface area contributed by atoms with Gasteiger partial charge in [-0.3, -0.25) is 4.79 Å². The zero-order valence-electron chi connectivity index (χ0n) is 10.3. The summed E-state index contributed by atoms with van der Waals surface area (Å²) in [6, 6.07) is 1.78. The molecular weight excluding hydrogens is 260 g/mol. The van der Waals surface area contributed by atoms with Gasteiger partial charge in [-0.2, -0.15) is 0 Å². The Balaban J connectivity index is 1.84. The first-order valence-electron chi connectivity index (χ1n) is 5.81. The molecule has 0 spiro atoms. The number of imidazole rings is 1. The predicted molar refractivity (Wildman–Crippen MR) is 74.8 cm³/mol. The Hall–Kier alpha value is -2.10. The van der Waals surface area contributed by atoms with Crippen molar-refractivity contribution in [3.8, 4) is 11.8 Å². The van der Waals surface area contributed by atoms with E-state index in [2.05, 4.69) is 22.1 Å². The quantitative estimate of drug-likeness (QED) is 0.805. The van der Waals surface area contributed by atoms with Crippen molar-refractivity contribution in [2.24, 2.45) is 5.73 Å². The molecule has 1 amide bonds. The van der Waals surface area contributed by atoms with Crippen molar-refractivity contribution in [2.45, 2.75) is 6.54 Å². The third-order valence-electron chi connectivity index (χ3n) is 2.39. The lowest BCUT2D eigenvalue weighted by Crippen LogP contribution is -2.26. The summed E-state index contributed by atoms with van der Waals surface area (Å²) in [5.74, 6) is 5.59. The Morgan fingerprint density at radius 2 is 2.47 bits per heavy atom. The molecular formula is C13H14N4OS. The van der Waals surface area contributed by atoms with Gasteiger partial charge < -0.3 is 15.6 Å². The van der Waals surface area contributed by atoms with Gasteiger partial charge in [0.05, 0.1) is 23.3 Å². The SMILES string of the molecule is NCC#Cc1cc(C(=O)NCCn2ccnc2)cs1. The van der Waals surface area contributed by atoms with Crippen molar-refractivity contribution in [2.75, 3.05) is 13.1 Å². The summed E-state index contributed by atoms with van der Waals surface area (Å²) in [5.41, 5.74) is 5.94. The van der Waals surface area contributed by atoms with Crippen LogP contribution in [0.15, 0.2) is 30.2 Å². The van der Waals surface area contributed by atoms with Crippen molar-refractivity contribution in [3.63, 3.8) is 0 Å². The lowest BCUT2D eigenvalue weighted by Gasteiger charge is -2.04. The van der Waals surface area contributed by atoms with Gasteiger partial charge >= 0.3 is 0 Å². The van der Waals surface area contributed by atoms with Gasteiger partial charge in [-0.05, 0) is 6.07 Å². The molecule has 0 bridgehead atoms. The molecule has 0 fully saturated rings. The number of carbonyl (C=O) groups excluding carboxylic acids is 1. The van der Waals surface area contributed by atoms with E-state index in [1.54, 1.807) is 24.0 Å². The number of hydrogen-bond donors (Lipinski definition) is 2. The molecule has 19 heavy (non-hydrogen) atoms. The second-order valence-corrected chi connectivity index (χ2v) is 4.67.